The predicted octanol–water partition coefficient (Wildman–Crippen LogP) is 4.51. The molecule has 2 rings (SSSR count). The molecule has 0 saturated heterocycles. The van der Waals surface area contributed by atoms with Gasteiger partial charge in [-0.05, 0) is 55.3 Å². The normalized spacial score (nSPS) is 12.0. The second-order valence-electron chi connectivity index (χ2n) is 4.75. The molecule has 0 aromatic heterocycles. The van der Waals surface area contributed by atoms with Gasteiger partial charge >= 0.3 is 0 Å². The second kappa shape index (κ2) is 7.27. The van der Waals surface area contributed by atoms with E-state index in [9.17, 15) is 9.18 Å². The van der Waals surface area contributed by atoms with Crippen LogP contribution in [-0.4, -0.2) is 11.2 Å². The second-order valence-corrected chi connectivity index (χ2v) is 6.17. The number of aryl methyl sites for hydroxylation is 1. The lowest BCUT2D eigenvalue weighted by atomic mass is 10.1. The average molecular weight is 303 g/mol. The average Bonchev–Trinajstić information content (AvgIpc) is 2.50. The summed E-state index contributed by atoms with van der Waals surface area (Å²) in [6.45, 7) is 3.93. The molecule has 21 heavy (non-hydrogen) atoms. The number of thioether (sulfide) groups is 1. The van der Waals surface area contributed by atoms with Crippen molar-refractivity contribution in [1.29, 1.82) is 0 Å². The highest BCUT2D eigenvalue weighted by molar-refractivity contribution is 8.00. The molecule has 110 valence electrons. The van der Waals surface area contributed by atoms with E-state index in [-0.39, 0.29) is 17.0 Å². The summed E-state index contributed by atoms with van der Waals surface area (Å²) in [7, 11) is 0. The zero-order valence-electron chi connectivity index (χ0n) is 12.1. The van der Waals surface area contributed by atoms with Crippen LogP contribution in [0.2, 0.25) is 0 Å². The van der Waals surface area contributed by atoms with E-state index in [2.05, 4.69) is 12.2 Å². The first-order valence-corrected chi connectivity index (χ1v) is 7.78. The summed E-state index contributed by atoms with van der Waals surface area (Å²) in [6.07, 6.45) is 0.977. The summed E-state index contributed by atoms with van der Waals surface area (Å²) >= 11 is 1.41. The molecule has 1 N–H and O–H groups in total. The van der Waals surface area contributed by atoms with Crippen LogP contribution in [0.25, 0.3) is 0 Å². The van der Waals surface area contributed by atoms with Gasteiger partial charge in [0.1, 0.15) is 5.82 Å². The van der Waals surface area contributed by atoms with Gasteiger partial charge in [-0.3, -0.25) is 4.79 Å². The number of halogens is 1. The maximum atomic E-state index is 12.8. The third-order valence-corrected chi connectivity index (χ3v) is 4.24. The van der Waals surface area contributed by atoms with Gasteiger partial charge in [0.2, 0.25) is 5.91 Å². The molecule has 1 amide bonds. The maximum Gasteiger partial charge on any atom is 0.237 e. The van der Waals surface area contributed by atoms with Gasteiger partial charge in [0.05, 0.1) is 5.25 Å². The van der Waals surface area contributed by atoms with E-state index in [1.165, 1.54) is 29.5 Å². The van der Waals surface area contributed by atoms with E-state index >= 15 is 0 Å². The number of anilines is 1. The van der Waals surface area contributed by atoms with E-state index in [4.69, 9.17) is 0 Å². The van der Waals surface area contributed by atoms with Crippen LogP contribution < -0.4 is 5.32 Å². The summed E-state index contributed by atoms with van der Waals surface area (Å²) in [5.74, 6) is -0.332. The number of carbonyl (C=O) groups is 1. The Balaban J connectivity index is 1.93. The van der Waals surface area contributed by atoms with E-state index in [0.29, 0.717) is 0 Å². The molecule has 2 aromatic rings. The number of benzene rings is 2. The largest absolute Gasteiger partial charge is 0.325 e. The number of hydrogen-bond donors (Lipinski definition) is 1. The van der Waals surface area contributed by atoms with Crippen molar-refractivity contribution >= 4 is 23.4 Å². The first kappa shape index (κ1) is 15.6. The Morgan fingerprint density at radius 2 is 1.76 bits per heavy atom. The van der Waals surface area contributed by atoms with Gasteiger partial charge in [-0.15, -0.1) is 11.8 Å². The summed E-state index contributed by atoms with van der Waals surface area (Å²) < 4.78 is 12.8. The first-order chi connectivity index (χ1) is 10.1. The van der Waals surface area contributed by atoms with Crippen LogP contribution >= 0.6 is 11.8 Å². The van der Waals surface area contributed by atoms with Crippen LogP contribution in [0, 0.1) is 5.82 Å². The number of nitrogens with one attached hydrogen (secondary N) is 1. The Bertz CT molecular complexity index is 595. The van der Waals surface area contributed by atoms with E-state index in [1.54, 1.807) is 12.1 Å². The van der Waals surface area contributed by atoms with Crippen LogP contribution in [-0.2, 0) is 11.2 Å². The minimum atomic E-state index is -0.271. The number of hydrogen-bond acceptors (Lipinski definition) is 2. The molecular formula is C17H18FNOS. The molecule has 2 aromatic carbocycles. The number of rotatable bonds is 5. The van der Waals surface area contributed by atoms with Crippen LogP contribution in [0.15, 0.2) is 53.4 Å². The third kappa shape index (κ3) is 4.60. The van der Waals surface area contributed by atoms with E-state index < -0.39 is 0 Å². The van der Waals surface area contributed by atoms with Crippen molar-refractivity contribution in [3.05, 3.63) is 59.9 Å². The zero-order chi connectivity index (χ0) is 15.2. The molecule has 0 spiro atoms. The SMILES string of the molecule is CCc1ccc(NC(=O)C(C)Sc2ccc(F)cc2)cc1. The van der Waals surface area contributed by atoms with Crippen molar-refractivity contribution < 1.29 is 9.18 Å². The fourth-order valence-electron chi connectivity index (χ4n) is 1.84. The molecule has 4 heteroatoms. The predicted molar refractivity (Wildman–Crippen MR) is 86.2 cm³/mol. The van der Waals surface area contributed by atoms with E-state index in [0.717, 1.165) is 17.0 Å². The van der Waals surface area contributed by atoms with Gasteiger partial charge in [0, 0.05) is 10.6 Å². The molecule has 0 aliphatic carbocycles. The Hall–Kier alpha value is -1.81. The molecule has 0 fully saturated rings. The lowest BCUT2D eigenvalue weighted by Crippen LogP contribution is -2.22. The Kier molecular flexibility index (Phi) is 5.39. The molecule has 0 aliphatic heterocycles. The highest BCUT2D eigenvalue weighted by Crippen LogP contribution is 2.24. The van der Waals surface area contributed by atoms with Crippen molar-refractivity contribution in [2.24, 2.45) is 0 Å². The molecule has 2 nitrogen and oxygen atoms in total. The van der Waals surface area contributed by atoms with Crippen molar-refractivity contribution in [2.45, 2.75) is 30.4 Å². The van der Waals surface area contributed by atoms with Gasteiger partial charge in [0.15, 0.2) is 0 Å². The van der Waals surface area contributed by atoms with Gasteiger partial charge in [-0.2, -0.15) is 0 Å². The smallest absolute Gasteiger partial charge is 0.237 e. The molecule has 1 unspecified atom stereocenters. The minimum Gasteiger partial charge on any atom is -0.325 e. The van der Waals surface area contributed by atoms with Crippen molar-refractivity contribution in [3.63, 3.8) is 0 Å². The van der Waals surface area contributed by atoms with Crippen molar-refractivity contribution in [3.8, 4) is 0 Å². The monoisotopic (exact) mass is 303 g/mol. The summed E-state index contributed by atoms with van der Waals surface area (Å²) in [5.41, 5.74) is 2.03. The number of amides is 1. The first-order valence-electron chi connectivity index (χ1n) is 6.90. The van der Waals surface area contributed by atoms with Gasteiger partial charge in [-0.1, -0.05) is 19.1 Å². The summed E-state index contributed by atoms with van der Waals surface area (Å²) in [5, 5.41) is 2.64. The molecule has 0 heterocycles. The van der Waals surface area contributed by atoms with Crippen LogP contribution in [0.1, 0.15) is 19.4 Å². The standard InChI is InChI=1S/C17H18FNOS/c1-3-13-4-8-15(9-5-13)19-17(20)12(2)21-16-10-6-14(18)7-11-16/h4-12H,3H2,1-2H3,(H,19,20). The molecule has 0 saturated carbocycles. The van der Waals surface area contributed by atoms with Gasteiger partial charge in [0.25, 0.3) is 0 Å². The van der Waals surface area contributed by atoms with Gasteiger partial charge in [-0.25, -0.2) is 4.39 Å². The Morgan fingerprint density at radius 3 is 2.33 bits per heavy atom. The highest BCUT2D eigenvalue weighted by Gasteiger charge is 2.14. The topological polar surface area (TPSA) is 29.1 Å². The maximum absolute atomic E-state index is 12.8. The molecule has 0 bridgehead atoms. The van der Waals surface area contributed by atoms with Gasteiger partial charge < -0.3 is 5.32 Å². The molecule has 0 aliphatic rings. The lowest BCUT2D eigenvalue weighted by Gasteiger charge is -2.12. The van der Waals surface area contributed by atoms with Crippen molar-refractivity contribution in [2.75, 3.05) is 5.32 Å². The third-order valence-electron chi connectivity index (χ3n) is 3.13. The Labute approximate surface area is 128 Å². The summed E-state index contributed by atoms with van der Waals surface area (Å²) in [6, 6.07) is 14.0. The van der Waals surface area contributed by atoms with Crippen LogP contribution in [0.4, 0.5) is 10.1 Å². The quantitative estimate of drug-likeness (QED) is 0.824. The molecular weight excluding hydrogens is 285 g/mol. The highest BCUT2D eigenvalue weighted by atomic mass is 32.2. The zero-order valence-corrected chi connectivity index (χ0v) is 12.9. The Morgan fingerprint density at radius 1 is 1.14 bits per heavy atom. The van der Waals surface area contributed by atoms with E-state index in [1.807, 2.05) is 31.2 Å². The lowest BCUT2D eigenvalue weighted by molar-refractivity contribution is -0.115. The fraction of sp³-hybridized carbons (Fsp3) is 0.235. The number of carbonyl (C=O) groups excluding carboxylic acids is 1. The minimum absolute atomic E-state index is 0.0615. The molecule has 0 radical (unpaired) electrons. The fourth-order valence-corrected chi connectivity index (χ4v) is 2.71. The van der Waals surface area contributed by atoms with Crippen LogP contribution in [0.3, 0.4) is 0 Å². The molecule has 1 atom stereocenters. The van der Waals surface area contributed by atoms with Crippen LogP contribution in [0.5, 0.6) is 0 Å². The van der Waals surface area contributed by atoms with Crippen molar-refractivity contribution in [1.82, 2.24) is 0 Å². The summed E-state index contributed by atoms with van der Waals surface area (Å²) in [4.78, 5) is 13.0.